The minimum atomic E-state index is 0.0933. The van der Waals surface area contributed by atoms with Crippen LogP contribution in [0.2, 0.25) is 0 Å². The van der Waals surface area contributed by atoms with Gasteiger partial charge in [-0.2, -0.15) is 11.8 Å². The predicted octanol–water partition coefficient (Wildman–Crippen LogP) is 2.37. The van der Waals surface area contributed by atoms with Gasteiger partial charge in [-0.25, -0.2) is 14.8 Å². The molecular formula is C17H27N5OS. The third-order valence-corrected chi connectivity index (χ3v) is 5.99. The monoisotopic (exact) mass is 349 g/mol. The number of rotatable bonds is 4. The Morgan fingerprint density at radius 2 is 2.00 bits per heavy atom. The average molecular weight is 350 g/mol. The van der Waals surface area contributed by atoms with Crippen molar-refractivity contribution in [3.8, 4) is 0 Å². The van der Waals surface area contributed by atoms with Gasteiger partial charge in [-0.1, -0.05) is 13.3 Å². The first kappa shape index (κ1) is 17.3. The van der Waals surface area contributed by atoms with Gasteiger partial charge in [0.05, 0.1) is 0 Å². The molecule has 1 aromatic rings. The molecule has 7 heteroatoms. The molecule has 0 radical (unpaired) electrons. The second-order valence-corrected chi connectivity index (χ2v) is 7.99. The molecule has 0 spiro atoms. The Kier molecular flexibility index (Phi) is 6.18. The van der Waals surface area contributed by atoms with Crippen molar-refractivity contribution in [2.45, 2.75) is 43.9 Å². The molecule has 2 aliphatic rings. The summed E-state index contributed by atoms with van der Waals surface area (Å²) in [6.45, 7) is 5.24. The predicted molar refractivity (Wildman–Crippen MR) is 98.5 cm³/mol. The maximum absolute atomic E-state index is 12.5. The zero-order valence-electron chi connectivity index (χ0n) is 14.4. The van der Waals surface area contributed by atoms with E-state index in [9.17, 15) is 4.79 Å². The van der Waals surface area contributed by atoms with E-state index in [2.05, 4.69) is 27.1 Å². The lowest BCUT2D eigenvalue weighted by atomic mass is 9.95. The number of thioether (sulfide) groups is 1. The van der Waals surface area contributed by atoms with Crippen molar-refractivity contribution >= 4 is 23.7 Å². The third kappa shape index (κ3) is 4.53. The van der Waals surface area contributed by atoms with Gasteiger partial charge in [0.2, 0.25) is 5.95 Å². The van der Waals surface area contributed by atoms with Crippen LogP contribution in [0.1, 0.15) is 32.6 Å². The van der Waals surface area contributed by atoms with Crippen molar-refractivity contribution in [2.75, 3.05) is 36.8 Å². The molecule has 0 bridgehead atoms. The smallest absolute Gasteiger partial charge is 0.317 e. The molecule has 2 fully saturated rings. The van der Waals surface area contributed by atoms with Crippen molar-refractivity contribution in [3.63, 3.8) is 0 Å². The van der Waals surface area contributed by atoms with E-state index < -0.39 is 0 Å². The minimum Gasteiger partial charge on any atom is -0.337 e. The first-order chi connectivity index (χ1) is 11.8. The van der Waals surface area contributed by atoms with E-state index >= 15 is 0 Å². The second-order valence-electron chi connectivity index (χ2n) is 6.41. The second kappa shape index (κ2) is 8.55. The molecule has 1 N–H and O–H groups in total. The summed E-state index contributed by atoms with van der Waals surface area (Å²) in [4.78, 5) is 25.2. The number of piperazine rings is 1. The SMILES string of the molecule is CCS[C@@H]1CCC[C@@H](NC(=O)N2CCN(c3ncccn3)CC2)C1. The Morgan fingerprint density at radius 1 is 1.25 bits per heavy atom. The van der Waals surface area contributed by atoms with E-state index in [0.29, 0.717) is 11.3 Å². The summed E-state index contributed by atoms with van der Waals surface area (Å²) in [6.07, 6.45) is 8.26. The summed E-state index contributed by atoms with van der Waals surface area (Å²) >= 11 is 2.03. The summed E-state index contributed by atoms with van der Waals surface area (Å²) in [5.74, 6) is 1.92. The number of carbonyl (C=O) groups excluding carboxylic acids is 1. The maximum atomic E-state index is 12.5. The Hall–Kier alpha value is -1.50. The summed E-state index contributed by atoms with van der Waals surface area (Å²) in [6, 6.07) is 2.25. The van der Waals surface area contributed by atoms with Crippen molar-refractivity contribution in [1.29, 1.82) is 0 Å². The number of anilines is 1. The molecule has 0 unspecified atom stereocenters. The van der Waals surface area contributed by atoms with Gasteiger partial charge in [0, 0.05) is 49.9 Å². The minimum absolute atomic E-state index is 0.0933. The summed E-state index contributed by atoms with van der Waals surface area (Å²) in [5.41, 5.74) is 0. The number of amides is 2. The van der Waals surface area contributed by atoms with Gasteiger partial charge in [0.1, 0.15) is 0 Å². The number of nitrogens with one attached hydrogen (secondary N) is 1. The van der Waals surface area contributed by atoms with Gasteiger partial charge in [-0.3, -0.25) is 0 Å². The number of hydrogen-bond donors (Lipinski definition) is 1. The van der Waals surface area contributed by atoms with Crippen molar-refractivity contribution in [1.82, 2.24) is 20.2 Å². The highest BCUT2D eigenvalue weighted by molar-refractivity contribution is 7.99. The van der Waals surface area contributed by atoms with E-state index in [1.54, 1.807) is 12.4 Å². The first-order valence-electron chi connectivity index (χ1n) is 8.95. The van der Waals surface area contributed by atoms with E-state index in [4.69, 9.17) is 0 Å². The third-order valence-electron chi connectivity index (χ3n) is 4.76. The Labute approximate surface area is 148 Å². The van der Waals surface area contributed by atoms with E-state index in [1.165, 1.54) is 12.8 Å². The van der Waals surface area contributed by atoms with Crippen LogP contribution < -0.4 is 10.2 Å². The van der Waals surface area contributed by atoms with Crippen LogP contribution in [0.5, 0.6) is 0 Å². The Bertz CT molecular complexity index is 519. The molecule has 2 atom stereocenters. The van der Waals surface area contributed by atoms with Crippen LogP contribution in [0.25, 0.3) is 0 Å². The lowest BCUT2D eigenvalue weighted by Gasteiger charge is -2.36. The van der Waals surface area contributed by atoms with E-state index in [0.717, 1.165) is 50.7 Å². The fourth-order valence-electron chi connectivity index (χ4n) is 3.49. The number of carbonyl (C=O) groups is 1. The molecule has 6 nitrogen and oxygen atoms in total. The standard InChI is InChI=1S/C17H27N5OS/c1-2-24-15-6-3-5-14(13-15)20-17(23)22-11-9-21(10-12-22)16-18-7-4-8-19-16/h4,7-8,14-15H,2-3,5-6,9-13H2,1H3,(H,20,23)/t14-,15-/m1/s1. The van der Waals surface area contributed by atoms with Crippen LogP contribution in [-0.4, -0.2) is 64.1 Å². The van der Waals surface area contributed by atoms with Crippen molar-refractivity contribution in [3.05, 3.63) is 18.5 Å². The molecule has 1 aliphatic heterocycles. The Morgan fingerprint density at radius 3 is 2.71 bits per heavy atom. The molecule has 1 aliphatic carbocycles. The number of urea groups is 1. The fourth-order valence-corrected chi connectivity index (χ4v) is 4.67. The van der Waals surface area contributed by atoms with Gasteiger partial charge in [-0.05, 0) is 31.1 Å². The van der Waals surface area contributed by atoms with Crippen LogP contribution in [0.3, 0.4) is 0 Å². The van der Waals surface area contributed by atoms with Gasteiger partial charge in [0.25, 0.3) is 0 Å². The number of aromatic nitrogens is 2. The topological polar surface area (TPSA) is 61.4 Å². The molecule has 3 rings (SSSR count). The van der Waals surface area contributed by atoms with Gasteiger partial charge in [-0.15, -0.1) is 0 Å². The molecule has 1 saturated heterocycles. The van der Waals surface area contributed by atoms with Gasteiger partial charge in [0.15, 0.2) is 0 Å². The van der Waals surface area contributed by atoms with Crippen LogP contribution in [0.15, 0.2) is 18.5 Å². The van der Waals surface area contributed by atoms with Crippen LogP contribution in [0, 0.1) is 0 Å². The molecular weight excluding hydrogens is 322 g/mol. The molecule has 2 amide bonds. The van der Waals surface area contributed by atoms with Crippen LogP contribution in [-0.2, 0) is 0 Å². The highest BCUT2D eigenvalue weighted by Crippen LogP contribution is 2.28. The molecule has 1 aromatic heterocycles. The fraction of sp³-hybridized carbons (Fsp3) is 0.706. The largest absolute Gasteiger partial charge is 0.337 e. The average Bonchev–Trinajstić information content (AvgIpc) is 2.63. The lowest BCUT2D eigenvalue weighted by molar-refractivity contribution is 0.186. The maximum Gasteiger partial charge on any atom is 0.317 e. The van der Waals surface area contributed by atoms with Gasteiger partial charge >= 0.3 is 6.03 Å². The molecule has 2 heterocycles. The highest BCUT2D eigenvalue weighted by Gasteiger charge is 2.27. The molecule has 0 aromatic carbocycles. The molecule has 132 valence electrons. The first-order valence-corrected chi connectivity index (χ1v) is 10.00. The molecule has 1 saturated carbocycles. The quantitative estimate of drug-likeness (QED) is 0.904. The summed E-state index contributed by atoms with van der Waals surface area (Å²) < 4.78 is 0. The summed E-state index contributed by atoms with van der Waals surface area (Å²) in [7, 11) is 0. The Balaban J connectivity index is 1.45. The zero-order chi connectivity index (χ0) is 16.8. The van der Waals surface area contributed by atoms with Crippen molar-refractivity contribution < 1.29 is 4.79 Å². The van der Waals surface area contributed by atoms with E-state index in [-0.39, 0.29) is 6.03 Å². The van der Waals surface area contributed by atoms with Crippen molar-refractivity contribution in [2.24, 2.45) is 0 Å². The van der Waals surface area contributed by atoms with Gasteiger partial charge < -0.3 is 15.1 Å². The van der Waals surface area contributed by atoms with Crippen LogP contribution >= 0.6 is 11.8 Å². The lowest BCUT2D eigenvalue weighted by Crippen LogP contribution is -2.54. The normalized spacial score (nSPS) is 24.7. The zero-order valence-corrected chi connectivity index (χ0v) is 15.2. The number of nitrogens with zero attached hydrogens (tertiary/aromatic N) is 4. The molecule has 24 heavy (non-hydrogen) atoms. The highest BCUT2D eigenvalue weighted by atomic mass is 32.2. The van der Waals surface area contributed by atoms with Crippen LogP contribution in [0.4, 0.5) is 10.7 Å². The number of hydrogen-bond acceptors (Lipinski definition) is 5. The summed E-state index contributed by atoms with van der Waals surface area (Å²) in [5, 5.41) is 3.96. The van der Waals surface area contributed by atoms with E-state index in [1.807, 2.05) is 22.7 Å².